The van der Waals surface area contributed by atoms with Crippen molar-refractivity contribution in [3.05, 3.63) is 41.3 Å². The smallest absolute Gasteiger partial charge is 0.197 e. The first-order valence-corrected chi connectivity index (χ1v) is 5.46. The highest BCUT2D eigenvalue weighted by molar-refractivity contribution is 6.29. The van der Waals surface area contributed by atoms with Crippen molar-refractivity contribution in [1.29, 1.82) is 0 Å². The van der Waals surface area contributed by atoms with E-state index in [1.54, 1.807) is 12.5 Å². The zero-order valence-corrected chi connectivity index (χ0v) is 10.0. The Kier molecular flexibility index (Phi) is 3.31. The Morgan fingerprint density at radius 2 is 2.44 bits per heavy atom. The summed E-state index contributed by atoms with van der Waals surface area (Å²) in [7, 11) is 3.88. The van der Waals surface area contributed by atoms with Crippen molar-refractivity contribution in [1.82, 2.24) is 14.9 Å². The van der Waals surface area contributed by atoms with Gasteiger partial charge in [0.1, 0.15) is 5.82 Å². The molecular formula is C11H14ClN3O. The van der Waals surface area contributed by atoms with Crippen LogP contribution in [0.4, 0.5) is 0 Å². The van der Waals surface area contributed by atoms with Crippen molar-refractivity contribution in [3.63, 3.8) is 0 Å². The van der Waals surface area contributed by atoms with Gasteiger partial charge in [-0.3, -0.25) is 0 Å². The highest BCUT2D eigenvalue weighted by Gasteiger charge is 2.17. The van der Waals surface area contributed by atoms with E-state index in [0.717, 1.165) is 17.8 Å². The minimum atomic E-state index is 0.118. The van der Waals surface area contributed by atoms with Crippen LogP contribution in [0.25, 0.3) is 0 Å². The molecule has 1 unspecified atom stereocenters. The van der Waals surface area contributed by atoms with Gasteiger partial charge in [0.05, 0.1) is 6.26 Å². The van der Waals surface area contributed by atoms with Crippen LogP contribution in [0.2, 0.25) is 5.22 Å². The fourth-order valence-corrected chi connectivity index (χ4v) is 1.94. The molecule has 2 aromatic heterocycles. The summed E-state index contributed by atoms with van der Waals surface area (Å²) < 4.78 is 7.09. The predicted molar refractivity (Wildman–Crippen MR) is 62.4 cm³/mol. The monoisotopic (exact) mass is 239 g/mol. The Bertz CT molecular complexity index is 463. The lowest BCUT2D eigenvalue weighted by Crippen LogP contribution is -2.20. The molecule has 0 amide bonds. The van der Waals surface area contributed by atoms with E-state index >= 15 is 0 Å². The predicted octanol–water partition coefficient (Wildman–Crippen LogP) is 2.17. The van der Waals surface area contributed by atoms with Crippen LogP contribution in [0.3, 0.4) is 0 Å². The molecule has 0 bridgehead atoms. The molecule has 0 spiro atoms. The van der Waals surface area contributed by atoms with E-state index in [9.17, 15) is 0 Å². The topological polar surface area (TPSA) is 43.0 Å². The zero-order chi connectivity index (χ0) is 11.5. The lowest BCUT2D eigenvalue weighted by Gasteiger charge is -2.14. The first kappa shape index (κ1) is 11.2. The third kappa shape index (κ3) is 2.13. The van der Waals surface area contributed by atoms with Crippen LogP contribution in [-0.2, 0) is 13.5 Å². The minimum Gasteiger partial charge on any atom is -0.453 e. The molecule has 2 heterocycles. The van der Waals surface area contributed by atoms with Crippen LogP contribution in [0.1, 0.15) is 17.4 Å². The fraction of sp³-hybridized carbons (Fsp3) is 0.364. The summed E-state index contributed by atoms with van der Waals surface area (Å²) in [4.78, 5) is 4.29. The molecule has 0 aromatic carbocycles. The van der Waals surface area contributed by atoms with Gasteiger partial charge in [0.2, 0.25) is 0 Å². The molecule has 0 saturated carbocycles. The van der Waals surface area contributed by atoms with Gasteiger partial charge in [-0.05, 0) is 24.7 Å². The number of hydrogen-bond donors (Lipinski definition) is 1. The Morgan fingerprint density at radius 3 is 2.94 bits per heavy atom. The third-order valence-electron chi connectivity index (χ3n) is 2.68. The van der Waals surface area contributed by atoms with Gasteiger partial charge in [-0.25, -0.2) is 4.98 Å². The van der Waals surface area contributed by atoms with E-state index in [1.807, 2.05) is 30.9 Å². The maximum absolute atomic E-state index is 5.96. The summed E-state index contributed by atoms with van der Waals surface area (Å²) in [6.07, 6.45) is 6.09. The molecule has 5 heteroatoms. The third-order valence-corrected chi connectivity index (χ3v) is 2.98. The number of likely N-dealkylation sites (N-methyl/N-ethyl adjacent to an activating group) is 1. The molecule has 2 aromatic rings. The average Bonchev–Trinajstić information content (AvgIpc) is 2.85. The normalized spacial score (nSPS) is 12.9. The molecule has 4 nitrogen and oxygen atoms in total. The van der Waals surface area contributed by atoms with Crippen molar-refractivity contribution in [2.24, 2.45) is 7.05 Å². The van der Waals surface area contributed by atoms with E-state index in [4.69, 9.17) is 16.0 Å². The van der Waals surface area contributed by atoms with Crippen molar-refractivity contribution in [3.8, 4) is 0 Å². The number of rotatable bonds is 4. The molecule has 0 saturated heterocycles. The number of aromatic nitrogens is 2. The van der Waals surface area contributed by atoms with E-state index < -0.39 is 0 Å². The molecule has 0 aliphatic rings. The SMILES string of the molecule is CNC(Cc1nccn1C)c1ccoc1Cl. The van der Waals surface area contributed by atoms with Crippen LogP contribution in [-0.4, -0.2) is 16.6 Å². The van der Waals surface area contributed by atoms with Gasteiger partial charge in [-0.15, -0.1) is 0 Å². The molecule has 0 radical (unpaired) electrons. The Hall–Kier alpha value is -1.26. The lowest BCUT2D eigenvalue weighted by molar-refractivity contribution is 0.534. The molecule has 0 aliphatic carbocycles. The fourth-order valence-electron chi connectivity index (χ4n) is 1.70. The van der Waals surface area contributed by atoms with Gasteiger partial charge in [0.25, 0.3) is 0 Å². The van der Waals surface area contributed by atoms with Crippen LogP contribution >= 0.6 is 11.6 Å². The number of furan rings is 1. The molecular weight excluding hydrogens is 226 g/mol. The first-order chi connectivity index (χ1) is 7.72. The van der Waals surface area contributed by atoms with Crippen LogP contribution < -0.4 is 5.32 Å². The summed E-state index contributed by atoms with van der Waals surface area (Å²) in [5.74, 6) is 1.01. The van der Waals surface area contributed by atoms with Crippen LogP contribution in [0.5, 0.6) is 0 Å². The van der Waals surface area contributed by atoms with Gasteiger partial charge < -0.3 is 14.3 Å². The Labute approximate surface area is 99.2 Å². The first-order valence-electron chi connectivity index (χ1n) is 5.08. The maximum Gasteiger partial charge on any atom is 0.197 e. The molecule has 0 aliphatic heterocycles. The Morgan fingerprint density at radius 1 is 1.62 bits per heavy atom. The molecule has 1 atom stereocenters. The van der Waals surface area contributed by atoms with Gasteiger partial charge in [0, 0.05) is 37.5 Å². The standard InChI is InChI=1S/C11H14ClN3O/c1-13-9(8-3-6-16-11(8)12)7-10-14-4-5-15(10)2/h3-6,9,13H,7H2,1-2H3. The average molecular weight is 240 g/mol. The van der Waals surface area contributed by atoms with Crippen LogP contribution in [0, 0.1) is 0 Å². The summed E-state index contributed by atoms with van der Waals surface area (Å²) in [5.41, 5.74) is 0.965. The van der Waals surface area contributed by atoms with E-state index in [-0.39, 0.29) is 6.04 Å². The number of aryl methyl sites for hydroxylation is 1. The molecule has 86 valence electrons. The number of halogens is 1. The van der Waals surface area contributed by atoms with Gasteiger partial charge in [-0.1, -0.05) is 0 Å². The minimum absolute atomic E-state index is 0.118. The second-order valence-electron chi connectivity index (χ2n) is 3.65. The van der Waals surface area contributed by atoms with Crippen molar-refractivity contribution in [2.75, 3.05) is 7.05 Å². The van der Waals surface area contributed by atoms with Crippen molar-refractivity contribution in [2.45, 2.75) is 12.5 Å². The van der Waals surface area contributed by atoms with Gasteiger partial charge in [-0.2, -0.15) is 0 Å². The van der Waals surface area contributed by atoms with Crippen molar-refractivity contribution >= 4 is 11.6 Å². The number of imidazole rings is 1. The lowest BCUT2D eigenvalue weighted by atomic mass is 10.1. The van der Waals surface area contributed by atoms with Crippen molar-refractivity contribution < 1.29 is 4.42 Å². The van der Waals surface area contributed by atoms with E-state index in [0.29, 0.717) is 5.22 Å². The Balaban J connectivity index is 2.19. The second-order valence-corrected chi connectivity index (χ2v) is 3.99. The molecule has 0 fully saturated rings. The summed E-state index contributed by atoms with van der Waals surface area (Å²) in [5, 5.41) is 3.65. The largest absolute Gasteiger partial charge is 0.453 e. The summed E-state index contributed by atoms with van der Waals surface area (Å²) in [6.45, 7) is 0. The zero-order valence-electron chi connectivity index (χ0n) is 9.27. The number of hydrogen-bond acceptors (Lipinski definition) is 3. The summed E-state index contributed by atoms with van der Waals surface area (Å²) >= 11 is 5.96. The summed E-state index contributed by atoms with van der Waals surface area (Å²) in [6, 6.07) is 2.00. The number of nitrogens with one attached hydrogen (secondary N) is 1. The highest BCUT2D eigenvalue weighted by Crippen LogP contribution is 2.25. The molecule has 16 heavy (non-hydrogen) atoms. The number of nitrogens with zero attached hydrogens (tertiary/aromatic N) is 2. The van der Waals surface area contributed by atoms with E-state index in [1.165, 1.54) is 0 Å². The molecule has 1 N–H and O–H groups in total. The highest BCUT2D eigenvalue weighted by atomic mass is 35.5. The maximum atomic E-state index is 5.96. The van der Waals surface area contributed by atoms with E-state index in [2.05, 4.69) is 10.3 Å². The van der Waals surface area contributed by atoms with Gasteiger partial charge in [0.15, 0.2) is 5.22 Å². The quantitative estimate of drug-likeness (QED) is 0.889. The van der Waals surface area contributed by atoms with Gasteiger partial charge >= 0.3 is 0 Å². The van der Waals surface area contributed by atoms with Crippen LogP contribution in [0.15, 0.2) is 29.1 Å². The molecule has 2 rings (SSSR count). The second kappa shape index (κ2) is 4.72.